The van der Waals surface area contributed by atoms with Crippen molar-refractivity contribution in [1.29, 1.82) is 0 Å². The van der Waals surface area contributed by atoms with Crippen LogP contribution in [0, 0.1) is 0 Å². The van der Waals surface area contributed by atoms with Crippen LogP contribution in [0.3, 0.4) is 0 Å². The van der Waals surface area contributed by atoms with Crippen LogP contribution in [-0.4, -0.2) is 10.4 Å². The smallest absolute Gasteiger partial charge is 0.257 e. The number of Topliss-reactive ketones (excluding diaryl/α,β-unsaturated/α-hetero) is 1. The maximum absolute atomic E-state index is 12.8. The maximum atomic E-state index is 12.8. The van der Waals surface area contributed by atoms with Gasteiger partial charge in [-0.1, -0.05) is 46.4 Å². The Kier molecular flexibility index (Phi) is 5.21. The van der Waals surface area contributed by atoms with Crippen molar-refractivity contribution in [3.8, 4) is 11.3 Å². The van der Waals surface area contributed by atoms with Gasteiger partial charge < -0.3 is 0 Å². The number of carbonyl (C=O) groups excluding carboxylic acids is 1. The van der Waals surface area contributed by atoms with Crippen LogP contribution in [0.25, 0.3) is 11.3 Å². The van der Waals surface area contributed by atoms with Gasteiger partial charge in [0.05, 0.1) is 33.1 Å². The van der Waals surface area contributed by atoms with Crippen molar-refractivity contribution in [3.05, 3.63) is 74.1 Å². The Hall–Kier alpha value is -1.52. The summed E-state index contributed by atoms with van der Waals surface area (Å²) in [4.78, 5) is 12.8. The van der Waals surface area contributed by atoms with E-state index in [4.69, 9.17) is 46.4 Å². The van der Waals surface area contributed by atoms with Gasteiger partial charge in [-0.25, -0.2) is 9.13 Å². The summed E-state index contributed by atoms with van der Waals surface area (Å²) in [6, 6.07) is 10.6. The maximum Gasteiger partial charge on any atom is 0.257 e. The van der Waals surface area contributed by atoms with E-state index < -0.39 is 0 Å². The summed E-state index contributed by atoms with van der Waals surface area (Å²) in [7, 11) is 0. The van der Waals surface area contributed by atoms with Crippen LogP contribution < -0.4 is 4.57 Å². The highest BCUT2D eigenvalue weighted by Crippen LogP contribution is 2.30. The first-order valence-electron chi connectivity index (χ1n) is 8.49. The molecule has 27 heavy (non-hydrogen) atoms. The molecule has 0 saturated carbocycles. The summed E-state index contributed by atoms with van der Waals surface area (Å²) in [6.45, 7) is 1.16. The van der Waals surface area contributed by atoms with Gasteiger partial charge in [-0.3, -0.25) is 4.79 Å². The number of rotatable bonds is 4. The lowest BCUT2D eigenvalue weighted by atomic mass is 10.1. The van der Waals surface area contributed by atoms with Gasteiger partial charge in [0.25, 0.3) is 5.82 Å². The molecule has 1 aliphatic heterocycles. The van der Waals surface area contributed by atoms with Crippen LogP contribution in [-0.2, 0) is 19.5 Å². The first-order valence-corrected chi connectivity index (χ1v) is 10.0. The SMILES string of the molecule is O=C(C[n+]1cc(-c2ccc(Cl)c(Cl)c2)n2c1CCC2)c1ccc(Cl)c(Cl)c1. The zero-order valence-electron chi connectivity index (χ0n) is 14.2. The molecule has 0 atom stereocenters. The number of fused-ring (bicyclic) bond motifs is 1. The van der Waals surface area contributed by atoms with Gasteiger partial charge in [0.15, 0.2) is 12.2 Å². The number of hydrogen-bond acceptors (Lipinski definition) is 1. The van der Waals surface area contributed by atoms with Crippen molar-refractivity contribution in [2.45, 2.75) is 25.9 Å². The zero-order valence-corrected chi connectivity index (χ0v) is 17.2. The van der Waals surface area contributed by atoms with Gasteiger partial charge in [0.2, 0.25) is 5.78 Å². The zero-order chi connectivity index (χ0) is 19.1. The molecule has 4 rings (SSSR count). The van der Waals surface area contributed by atoms with Gasteiger partial charge in [-0.05, 0) is 42.8 Å². The van der Waals surface area contributed by atoms with Crippen LogP contribution in [0.4, 0.5) is 0 Å². The average Bonchev–Trinajstić information content (AvgIpc) is 3.24. The predicted octanol–water partition coefficient (Wildman–Crippen LogP) is 5.89. The van der Waals surface area contributed by atoms with Crippen LogP contribution >= 0.6 is 46.4 Å². The lowest BCUT2D eigenvalue weighted by molar-refractivity contribution is -0.689. The standard InChI is InChI=1S/C20H15Cl4N2O/c21-14-5-3-12(8-16(14)23)18-10-25(20-2-1-7-26(18)20)11-19(27)13-4-6-15(22)17(24)9-13/h3-6,8-10H,1-2,7,11H2/q+1. The van der Waals surface area contributed by atoms with E-state index in [0.717, 1.165) is 36.5 Å². The van der Waals surface area contributed by atoms with Gasteiger partial charge >= 0.3 is 0 Å². The molecule has 0 N–H and O–H groups in total. The highest BCUT2D eigenvalue weighted by molar-refractivity contribution is 6.42. The summed E-state index contributed by atoms with van der Waals surface area (Å²) < 4.78 is 4.25. The summed E-state index contributed by atoms with van der Waals surface area (Å²) in [6.07, 6.45) is 3.98. The third kappa shape index (κ3) is 3.62. The van der Waals surface area contributed by atoms with E-state index in [0.29, 0.717) is 25.7 Å². The third-order valence-corrected chi connectivity index (χ3v) is 6.24. The van der Waals surface area contributed by atoms with E-state index in [2.05, 4.69) is 4.57 Å². The van der Waals surface area contributed by atoms with E-state index in [9.17, 15) is 4.79 Å². The third-order valence-electron chi connectivity index (χ3n) is 4.77. The first-order chi connectivity index (χ1) is 12.9. The molecule has 2 heterocycles. The largest absolute Gasteiger partial charge is 0.290 e. The molecule has 0 radical (unpaired) electrons. The molecule has 1 aromatic heterocycles. The normalized spacial score (nSPS) is 13.0. The van der Waals surface area contributed by atoms with Gasteiger partial charge in [0.1, 0.15) is 6.20 Å². The van der Waals surface area contributed by atoms with E-state index in [1.165, 1.54) is 0 Å². The molecule has 0 spiro atoms. The van der Waals surface area contributed by atoms with Crippen molar-refractivity contribution in [3.63, 3.8) is 0 Å². The highest BCUT2D eigenvalue weighted by atomic mass is 35.5. The molecule has 0 amide bonds. The highest BCUT2D eigenvalue weighted by Gasteiger charge is 2.30. The number of halogens is 4. The van der Waals surface area contributed by atoms with Crippen molar-refractivity contribution >= 4 is 52.2 Å². The van der Waals surface area contributed by atoms with E-state index in [-0.39, 0.29) is 12.3 Å². The fourth-order valence-corrected chi connectivity index (χ4v) is 4.04. The Bertz CT molecular complexity index is 1060. The lowest BCUT2D eigenvalue weighted by Crippen LogP contribution is -2.40. The van der Waals surface area contributed by atoms with Gasteiger partial charge in [-0.2, -0.15) is 0 Å². The minimum absolute atomic E-state index is 0.0143. The molecule has 3 nitrogen and oxygen atoms in total. The first kappa shape index (κ1) is 18.8. The Balaban J connectivity index is 1.69. The predicted molar refractivity (Wildman–Crippen MR) is 109 cm³/mol. The van der Waals surface area contributed by atoms with Crippen LogP contribution in [0.1, 0.15) is 22.6 Å². The summed E-state index contributed by atoms with van der Waals surface area (Å²) >= 11 is 24.2. The van der Waals surface area contributed by atoms with Crippen LogP contribution in [0.5, 0.6) is 0 Å². The monoisotopic (exact) mass is 439 g/mol. The van der Waals surface area contributed by atoms with Crippen LogP contribution in [0.15, 0.2) is 42.6 Å². The minimum atomic E-state index is -0.0143. The van der Waals surface area contributed by atoms with Crippen molar-refractivity contribution in [2.75, 3.05) is 0 Å². The van der Waals surface area contributed by atoms with Crippen LogP contribution in [0.2, 0.25) is 20.1 Å². The Morgan fingerprint density at radius 3 is 2.37 bits per heavy atom. The Labute approximate surface area is 177 Å². The molecule has 0 fully saturated rings. The molecule has 1 aliphatic rings. The van der Waals surface area contributed by atoms with E-state index in [1.807, 2.05) is 22.9 Å². The quantitative estimate of drug-likeness (QED) is 0.367. The minimum Gasteiger partial charge on any atom is -0.290 e. The molecular formula is C20H15Cl4N2O+. The second-order valence-corrected chi connectivity index (χ2v) is 8.12. The Morgan fingerprint density at radius 1 is 0.963 bits per heavy atom. The molecule has 0 aliphatic carbocycles. The van der Waals surface area contributed by atoms with E-state index in [1.54, 1.807) is 24.3 Å². The summed E-state index contributed by atoms with van der Waals surface area (Å²) in [5.41, 5.74) is 2.56. The van der Waals surface area contributed by atoms with E-state index >= 15 is 0 Å². The number of aromatic nitrogens is 2. The molecule has 0 saturated heterocycles. The molecule has 2 aromatic carbocycles. The summed E-state index contributed by atoms with van der Waals surface area (Å²) in [5.74, 6) is 1.11. The number of benzene rings is 2. The average molecular weight is 441 g/mol. The fourth-order valence-electron chi connectivity index (χ4n) is 3.45. The van der Waals surface area contributed by atoms with Crippen molar-refractivity contribution < 1.29 is 9.36 Å². The van der Waals surface area contributed by atoms with Gasteiger partial charge in [0, 0.05) is 11.1 Å². The second-order valence-electron chi connectivity index (χ2n) is 6.49. The van der Waals surface area contributed by atoms with Crippen molar-refractivity contribution in [1.82, 2.24) is 4.57 Å². The number of carbonyl (C=O) groups is 1. The second kappa shape index (κ2) is 7.48. The number of nitrogens with zero attached hydrogens (tertiary/aromatic N) is 2. The Morgan fingerprint density at radius 2 is 1.67 bits per heavy atom. The molecule has 0 unspecified atom stereocenters. The summed E-state index contributed by atoms with van der Waals surface area (Å²) in [5, 5.41) is 1.86. The molecule has 3 aromatic rings. The number of ketones is 1. The lowest BCUT2D eigenvalue weighted by Gasteiger charge is -2.02. The van der Waals surface area contributed by atoms with Gasteiger partial charge in [-0.15, -0.1) is 0 Å². The molecule has 7 heteroatoms. The number of imidazole rings is 1. The fraction of sp³-hybridized carbons (Fsp3) is 0.200. The topological polar surface area (TPSA) is 25.9 Å². The van der Waals surface area contributed by atoms with Crippen molar-refractivity contribution in [2.24, 2.45) is 0 Å². The molecule has 138 valence electrons. The number of hydrogen-bond donors (Lipinski definition) is 0. The molecular weight excluding hydrogens is 426 g/mol. The molecule has 0 bridgehead atoms.